The highest BCUT2D eigenvalue weighted by Crippen LogP contribution is 2.42. The summed E-state index contributed by atoms with van der Waals surface area (Å²) < 4.78 is 39.3. The molecule has 12 nitrogen and oxygen atoms in total. The van der Waals surface area contributed by atoms with Crippen molar-refractivity contribution in [1.82, 2.24) is 14.8 Å². The van der Waals surface area contributed by atoms with Gasteiger partial charge in [0.05, 0.1) is 21.9 Å². The summed E-state index contributed by atoms with van der Waals surface area (Å²) in [6, 6.07) is 9.27. The topological polar surface area (TPSA) is 168 Å². The van der Waals surface area contributed by atoms with Gasteiger partial charge in [-0.2, -0.15) is 5.10 Å². The summed E-state index contributed by atoms with van der Waals surface area (Å²) in [5.74, 6) is -1.27. The van der Waals surface area contributed by atoms with Gasteiger partial charge in [0, 0.05) is 29.3 Å². The van der Waals surface area contributed by atoms with Crippen molar-refractivity contribution in [2.45, 2.75) is 13.2 Å². The summed E-state index contributed by atoms with van der Waals surface area (Å²) in [5, 5.41) is 17.8. The minimum atomic E-state index is -2.90. The fraction of sp³-hybridized carbons (Fsp3) is 0.0833. The quantitative estimate of drug-likeness (QED) is 0.165. The molecule has 0 aliphatic heterocycles. The Kier molecular flexibility index (Phi) is 7.15. The highest BCUT2D eigenvalue weighted by Gasteiger charge is 2.26. The summed E-state index contributed by atoms with van der Waals surface area (Å²) in [5.41, 5.74) is 4.86. The average molecular weight is 589 g/mol. The molecule has 4 heterocycles. The van der Waals surface area contributed by atoms with Crippen LogP contribution in [-0.4, -0.2) is 31.5 Å². The Bertz CT molecular complexity index is 1770. The first kappa shape index (κ1) is 26.7. The van der Waals surface area contributed by atoms with Gasteiger partial charge in [-0.1, -0.05) is 11.6 Å². The second-order valence-electron chi connectivity index (χ2n) is 8.06. The fourth-order valence-corrected chi connectivity index (χ4v) is 4.98. The van der Waals surface area contributed by atoms with Crippen molar-refractivity contribution in [3.05, 3.63) is 86.3 Å². The molecule has 0 aliphatic rings. The van der Waals surface area contributed by atoms with Gasteiger partial charge in [-0.3, -0.25) is 19.7 Å². The second-order valence-corrected chi connectivity index (χ2v) is 9.47. The lowest BCUT2D eigenvalue weighted by Gasteiger charge is -2.09. The van der Waals surface area contributed by atoms with Crippen LogP contribution in [0.4, 0.5) is 20.2 Å². The number of nitro benzene ring substituents is 1. The number of primary amides is 1. The fourth-order valence-electron chi connectivity index (χ4n) is 3.74. The van der Waals surface area contributed by atoms with E-state index in [1.165, 1.54) is 41.4 Å². The first-order chi connectivity index (χ1) is 19.1. The Hall–Kier alpha value is -4.89. The monoisotopic (exact) mass is 588 g/mol. The van der Waals surface area contributed by atoms with Crippen molar-refractivity contribution in [3.8, 4) is 17.1 Å². The van der Waals surface area contributed by atoms with Crippen LogP contribution in [0.25, 0.3) is 21.5 Å². The number of nitrogens with two attached hydrogens (primary N) is 1. The molecule has 5 aromatic rings. The number of nitro groups is 1. The van der Waals surface area contributed by atoms with Gasteiger partial charge in [0.2, 0.25) is 0 Å². The predicted molar refractivity (Wildman–Crippen MR) is 140 cm³/mol. The number of anilines is 1. The van der Waals surface area contributed by atoms with Crippen molar-refractivity contribution in [2.75, 3.05) is 5.32 Å². The van der Waals surface area contributed by atoms with Crippen LogP contribution in [0, 0.1) is 10.1 Å². The van der Waals surface area contributed by atoms with E-state index in [1.54, 1.807) is 6.07 Å². The molecule has 2 amide bonds. The number of aromatic nitrogens is 3. The van der Waals surface area contributed by atoms with E-state index in [0.29, 0.717) is 0 Å². The third-order valence-corrected chi connectivity index (χ3v) is 6.90. The molecule has 4 aromatic heterocycles. The zero-order valence-corrected chi connectivity index (χ0v) is 21.4. The van der Waals surface area contributed by atoms with Crippen LogP contribution in [0.2, 0.25) is 5.02 Å². The molecular weight excluding hydrogens is 574 g/mol. The van der Waals surface area contributed by atoms with Crippen LogP contribution < -0.4 is 15.8 Å². The van der Waals surface area contributed by atoms with E-state index in [4.69, 9.17) is 26.5 Å². The number of ether oxygens (including phenoxy) is 1. The number of hydrogen-bond donors (Lipinski definition) is 2. The first-order valence-corrected chi connectivity index (χ1v) is 12.3. The third kappa shape index (κ3) is 5.19. The van der Waals surface area contributed by atoms with Crippen molar-refractivity contribution in [1.29, 1.82) is 0 Å². The molecule has 3 N–H and O–H groups in total. The van der Waals surface area contributed by atoms with Crippen LogP contribution in [0.3, 0.4) is 0 Å². The van der Waals surface area contributed by atoms with Crippen molar-refractivity contribution in [2.24, 2.45) is 5.73 Å². The molecule has 204 valence electrons. The zero-order chi connectivity index (χ0) is 28.6. The molecule has 0 unspecified atom stereocenters. The number of alkyl halides is 2. The largest absolute Gasteiger partial charge is 0.470 e. The Morgan fingerprint density at radius 3 is 2.73 bits per heavy atom. The van der Waals surface area contributed by atoms with E-state index >= 15 is 0 Å². The van der Waals surface area contributed by atoms with Gasteiger partial charge >= 0.3 is 0 Å². The third-order valence-electron chi connectivity index (χ3n) is 5.51. The number of halogens is 3. The molecule has 0 radical (unpaired) electrons. The van der Waals surface area contributed by atoms with Gasteiger partial charge in [-0.05, 0) is 30.3 Å². The smallest absolute Gasteiger partial charge is 0.280 e. The Labute approximate surface area is 231 Å². The van der Waals surface area contributed by atoms with E-state index in [2.05, 4.69) is 15.4 Å². The van der Waals surface area contributed by atoms with Crippen LogP contribution in [0.1, 0.15) is 32.3 Å². The molecule has 5 rings (SSSR count). The van der Waals surface area contributed by atoms with E-state index in [0.717, 1.165) is 23.5 Å². The SMILES string of the molecule is NC(=O)c1sc2nc(C(F)F)cc(-c3ccco3)c2c1NC(=O)c1ccn(COc2ccc([N+](=O)[O-])cc2Cl)n1. The molecular formula is C24H15ClF2N6O6S. The van der Waals surface area contributed by atoms with Gasteiger partial charge in [0.1, 0.15) is 26.9 Å². The number of rotatable bonds is 9. The number of pyridine rings is 1. The van der Waals surface area contributed by atoms with Crippen LogP contribution in [-0.2, 0) is 6.73 Å². The summed E-state index contributed by atoms with van der Waals surface area (Å²) in [7, 11) is 0. The van der Waals surface area contributed by atoms with Gasteiger partial charge in [-0.15, -0.1) is 11.3 Å². The number of nitrogens with one attached hydrogen (secondary N) is 1. The molecule has 0 saturated carbocycles. The van der Waals surface area contributed by atoms with Crippen LogP contribution >= 0.6 is 22.9 Å². The number of fused-ring (bicyclic) bond motifs is 1. The number of furan rings is 1. The molecule has 1 aromatic carbocycles. The number of hydrogen-bond acceptors (Lipinski definition) is 9. The maximum atomic E-state index is 13.6. The highest BCUT2D eigenvalue weighted by molar-refractivity contribution is 7.21. The van der Waals surface area contributed by atoms with Gasteiger partial charge < -0.3 is 20.2 Å². The van der Waals surface area contributed by atoms with Crippen LogP contribution in [0.5, 0.6) is 5.75 Å². The Morgan fingerprint density at radius 2 is 2.08 bits per heavy atom. The summed E-state index contributed by atoms with van der Waals surface area (Å²) >= 11 is 6.78. The number of carbonyl (C=O) groups excluding carboxylic acids is 2. The normalized spacial score (nSPS) is 11.2. The first-order valence-electron chi connectivity index (χ1n) is 11.1. The number of thiophene rings is 1. The molecule has 0 fully saturated rings. The molecule has 16 heteroatoms. The van der Waals surface area contributed by atoms with Crippen molar-refractivity contribution in [3.63, 3.8) is 0 Å². The zero-order valence-electron chi connectivity index (χ0n) is 19.8. The lowest BCUT2D eigenvalue weighted by molar-refractivity contribution is -0.384. The minimum absolute atomic E-state index is 0.0126. The van der Waals surface area contributed by atoms with E-state index in [1.807, 2.05) is 0 Å². The lowest BCUT2D eigenvalue weighted by atomic mass is 10.1. The molecule has 0 atom stereocenters. The van der Waals surface area contributed by atoms with Crippen molar-refractivity contribution >= 4 is 56.3 Å². The Balaban J connectivity index is 1.43. The van der Waals surface area contributed by atoms with Crippen molar-refractivity contribution < 1.29 is 32.4 Å². The van der Waals surface area contributed by atoms with Gasteiger partial charge in [-0.25, -0.2) is 18.4 Å². The molecule has 0 saturated heterocycles. The standard InChI is InChI=1S/C24H15ClF2N6O6S/c25-13-8-11(33(36)37)3-4-17(13)39-10-32-6-5-14(31-32)23(35)30-19-18-12(16-2-1-7-38-16)9-15(21(26)27)29-24(18)40-20(19)22(28)34/h1-9,21H,10H2,(H2,28,34)(H,30,35). The van der Waals surface area contributed by atoms with Crippen LogP contribution in [0.15, 0.2) is 59.3 Å². The highest BCUT2D eigenvalue weighted by atomic mass is 35.5. The molecule has 0 spiro atoms. The van der Waals surface area contributed by atoms with Gasteiger partial charge in [0.25, 0.3) is 23.9 Å². The number of benzene rings is 1. The van der Waals surface area contributed by atoms with E-state index < -0.39 is 28.9 Å². The maximum Gasteiger partial charge on any atom is 0.280 e. The summed E-state index contributed by atoms with van der Waals surface area (Å²) in [6.07, 6.45) is -0.121. The Morgan fingerprint density at radius 1 is 1.27 bits per heavy atom. The maximum absolute atomic E-state index is 13.6. The molecule has 0 aliphatic carbocycles. The average Bonchev–Trinajstić information content (AvgIpc) is 3.68. The minimum Gasteiger partial charge on any atom is -0.470 e. The number of amides is 2. The second kappa shape index (κ2) is 10.7. The molecule has 40 heavy (non-hydrogen) atoms. The predicted octanol–water partition coefficient (Wildman–Crippen LogP) is 5.64. The van der Waals surface area contributed by atoms with E-state index in [9.17, 15) is 28.5 Å². The summed E-state index contributed by atoms with van der Waals surface area (Å²) in [6.45, 7) is -0.193. The molecule has 0 bridgehead atoms. The number of non-ortho nitro benzene ring substituents is 1. The number of nitrogens with zero attached hydrogens (tertiary/aromatic N) is 4. The summed E-state index contributed by atoms with van der Waals surface area (Å²) in [4.78, 5) is 39.5. The lowest BCUT2D eigenvalue weighted by Crippen LogP contribution is -2.17. The number of carbonyl (C=O) groups is 2. The van der Waals surface area contributed by atoms with E-state index in [-0.39, 0.29) is 61.0 Å². The van der Waals surface area contributed by atoms with Gasteiger partial charge in [0.15, 0.2) is 12.4 Å².